The molecule has 2 atom stereocenters. The summed E-state index contributed by atoms with van der Waals surface area (Å²) in [4.78, 5) is 0. The number of rotatable bonds is 3. The summed E-state index contributed by atoms with van der Waals surface area (Å²) in [7, 11) is 0. The van der Waals surface area contributed by atoms with Gasteiger partial charge in [0, 0.05) is 0 Å². The molecule has 0 N–H and O–H groups in total. The standard InChI is InChI=1S/C11H22O/c1-8(2)10-6-5-7-11(10)12-9(3)4/h8-11H,5-7H2,1-4H3. The first-order chi connectivity index (χ1) is 5.61. The van der Waals surface area contributed by atoms with E-state index in [1.165, 1.54) is 19.3 Å². The molecule has 0 bridgehead atoms. The molecular formula is C11H22O. The summed E-state index contributed by atoms with van der Waals surface area (Å²) in [6, 6.07) is 0. The van der Waals surface area contributed by atoms with Crippen LogP contribution in [0.3, 0.4) is 0 Å². The highest BCUT2D eigenvalue weighted by Crippen LogP contribution is 2.34. The highest BCUT2D eigenvalue weighted by Gasteiger charge is 2.30. The fourth-order valence-corrected chi connectivity index (χ4v) is 2.24. The lowest BCUT2D eigenvalue weighted by Crippen LogP contribution is -2.25. The Morgan fingerprint density at radius 3 is 2.25 bits per heavy atom. The van der Waals surface area contributed by atoms with E-state index in [1.807, 2.05) is 0 Å². The van der Waals surface area contributed by atoms with Gasteiger partial charge in [0.05, 0.1) is 12.2 Å². The van der Waals surface area contributed by atoms with E-state index < -0.39 is 0 Å². The molecule has 1 aliphatic carbocycles. The molecule has 0 spiro atoms. The molecule has 0 aromatic carbocycles. The predicted octanol–water partition coefficient (Wildman–Crippen LogP) is 3.24. The fourth-order valence-electron chi connectivity index (χ4n) is 2.24. The Hall–Kier alpha value is -0.0400. The Labute approximate surface area is 76.5 Å². The first-order valence-corrected chi connectivity index (χ1v) is 5.26. The maximum absolute atomic E-state index is 5.89. The minimum Gasteiger partial charge on any atom is -0.375 e. The van der Waals surface area contributed by atoms with Crippen LogP contribution in [-0.2, 0) is 4.74 Å². The highest BCUT2D eigenvalue weighted by atomic mass is 16.5. The maximum Gasteiger partial charge on any atom is 0.0609 e. The Bertz CT molecular complexity index is 129. The second-order valence-electron chi connectivity index (χ2n) is 4.56. The fraction of sp³-hybridized carbons (Fsp3) is 1.00. The Kier molecular flexibility index (Phi) is 3.57. The van der Waals surface area contributed by atoms with Crippen molar-refractivity contribution in [2.75, 3.05) is 0 Å². The van der Waals surface area contributed by atoms with Crippen molar-refractivity contribution < 1.29 is 4.74 Å². The topological polar surface area (TPSA) is 9.23 Å². The van der Waals surface area contributed by atoms with Crippen LogP contribution in [0.1, 0.15) is 47.0 Å². The summed E-state index contributed by atoms with van der Waals surface area (Å²) in [5.74, 6) is 1.60. The van der Waals surface area contributed by atoms with Crippen molar-refractivity contribution in [3.8, 4) is 0 Å². The monoisotopic (exact) mass is 170 g/mol. The van der Waals surface area contributed by atoms with Gasteiger partial charge in [-0.15, -0.1) is 0 Å². The van der Waals surface area contributed by atoms with Gasteiger partial charge in [-0.1, -0.05) is 20.3 Å². The molecule has 0 aliphatic heterocycles. The molecule has 2 unspecified atom stereocenters. The van der Waals surface area contributed by atoms with Crippen LogP contribution in [0.25, 0.3) is 0 Å². The second kappa shape index (κ2) is 4.27. The van der Waals surface area contributed by atoms with Crippen LogP contribution < -0.4 is 0 Å². The Morgan fingerprint density at radius 2 is 1.75 bits per heavy atom. The highest BCUT2D eigenvalue weighted by molar-refractivity contribution is 4.80. The van der Waals surface area contributed by atoms with E-state index >= 15 is 0 Å². The molecule has 1 rings (SSSR count). The summed E-state index contributed by atoms with van der Waals surface area (Å²) < 4.78 is 5.89. The molecule has 1 aliphatic rings. The summed E-state index contributed by atoms with van der Waals surface area (Å²) >= 11 is 0. The van der Waals surface area contributed by atoms with E-state index in [2.05, 4.69) is 27.7 Å². The summed E-state index contributed by atoms with van der Waals surface area (Å²) in [5.41, 5.74) is 0. The van der Waals surface area contributed by atoms with E-state index in [1.54, 1.807) is 0 Å². The zero-order valence-electron chi connectivity index (χ0n) is 8.84. The van der Waals surface area contributed by atoms with Crippen molar-refractivity contribution in [1.82, 2.24) is 0 Å². The van der Waals surface area contributed by atoms with E-state index in [-0.39, 0.29) is 0 Å². The zero-order valence-corrected chi connectivity index (χ0v) is 8.84. The third-order valence-corrected chi connectivity index (χ3v) is 2.81. The smallest absolute Gasteiger partial charge is 0.0609 e. The first kappa shape index (κ1) is 10.0. The van der Waals surface area contributed by atoms with Gasteiger partial charge in [-0.3, -0.25) is 0 Å². The molecule has 1 saturated carbocycles. The lowest BCUT2D eigenvalue weighted by Gasteiger charge is -2.25. The van der Waals surface area contributed by atoms with Gasteiger partial charge in [-0.05, 0) is 38.5 Å². The van der Waals surface area contributed by atoms with Crippen LogP contribution in [-0.4, -0.2) is 12.2 Å². The third kappa shape index (κ3) is 2.48. The lowest BCUT2D eigenvalue weighted by molar-refractivity contribution is -0.0233. The van der Waals surface area contributed by atoms with Crippen molar-refractivity contribution in [2.45, 2.75) is 59.2 Å². The molecule has 0 amide bonds. The maximum atomic E-state index is 5.89. The van der Waals surface area contributed by atoms with Crippen LogP contribution >= 0.6 is 0 Å². The van der Waals surface area contributed by atoms with Crippen LogP contribution in [0.15, 0.2) is 0 Å². The molecule has 12 heavy (non-hydrogen) atoms. The van der Waals surface area contributed by atoms with Gasteiger partial charge in [0.1, 0.15) is 0 Å². The van der Waals surface area contributed by atoms with Crippen molar-refractivity contribution in [3.05, 3.63) is 0 Å². The minimum absolute atomic E-state index is 0.398. The third-order valence-electron chi connectivity index (χ3n) is 2.81. The molecule has 72 valence electrons. The van der Waals surface area contributed by atoms with Crippen molar-refractivity contribution in [3.63, 3.8) is 0 Å². The van der Waals surface area contributed by atoms with Crippen LogP contribution in [0.2, 0.25) is 0 Å². The van der Waals surface area contributed by atoms with Crippen molar-refractivity contribution in [1.29, 1.82) is 0 Å². The molecular weight excluding hydrogens is 148 g/mol. The SMILES string of the molecule is CC(C)OC1CCCC1C(C)C. The first-order valence-electron chi connectivity index (χ1n) is 5.26. The zero-order chi connectivity index (χ0) is 9.14. The molecule has 0 saturated heterocycles. The number of hydrogen-bond donors (Lipinski definition) is 0. The van der Waals surface area contributed by atoms with Gasteiger partial charge in [-0.2, -0.15) is 0 Å². The summed E-state index contributed by atoms with van der Waals surface area (Å²) in [6.07, 6.45) is 4.95. The van der Waals surface area contributed by atoms with E-state index in [9.17, 15) is 0 Å². The molecule has 0 heterocycles. The van der Waals surface area contributed by atoms with Gasteiger partial charge in [-0.25, -0.2) is 0 Å². The largest absolute Gasteiger partial charge is 0.375 e. The number of ether oxygens (including phenoxy) is 1. The predicted molar refractivity (Wildman–Crippen MR) is 52.2 cm³/mol. The average Bonchev–Trinajstić information content (AvgIpc) is 2.33. The average molecular weight is 170 g/mol. The Morgan fingerprint density at radius 1 is 1.08 bits per heavy atom. The molecule has 0 radical (unpaired) electrons. The van der Waals surface area contributed by atoms with Crippen molar-refractivity contribution >= 4 is 0 Å². The number of hydrogen-bond acceptors (Lipinski definition) is 1. The van der Waals surface area contributed by atoms with E-state index in [0.29, 0.717) is 12.2 Å². The van der Waals surface area contributed by atoms with E-state index in [4.69, 9.17) is 4.74 Å². The van der Waals surface area contributed by atoms with Gasteiger partial charge in [0.15, 0.2) is 0 Å². The summed E-state index contributed by atoms with van der Waals surface area (Å²) in [5, 5.41) is 0. The van der Waals surface area contributed by atoms with Gasteiger partial charge in [0.25, 0.3) is 0 Å². The van der Waals surface area contributed by atoms with Crippen molar-refractivity contribution in [2.24, 2.45) is 11.8 Å². The molecule has 1 heteroatoms. The second-order valence-corrected chi connectivity index (χ2v) is 4.56. The molecule has 0 aromatic rings. The summed E-state index contributed by atoms with van der Waals surface area (Å²) in [6.45, 7) is 8.89. The lowest BCUT2D eigenvalue weighted by atomic mass is 9.92. The van der Waals surface area contributed by atoms with Gasteiger partial charge >= 0.3 is 0 Å². The quantitative estimate of drug-likeness (QED) is 0.632. The van der Waals surface area contributed by atoms with Gasteiger partial charge in [0.2, 0.25) is 0 Å². The van der Waals surface area contributed by atoms with Crippen LogP contribution in [0, 0.1) is 11.8 Å². The van der Waals surface area contributed by atoms with Gasteiger partial charge < -0.3 is 4.74 Å². The molecule has 0 aromatic heterocycles. The van der Waals surface area contributed by atoms with Crippen LogP contribution in [0.5, 0.6) is 0 Å². The molecule has 1 nitrogen and oxygen atoms in total. The Balaban J connectivity index is 2.41. The van der Waals surface area contributed by atoms with Crippen LogP contribution in [0.4, 0.5) is 0 Å². The minimum atomic E-state index is 0.398. The normalized spacial score (nSPS) is 30.5. The van der Waals surface area contributed by atoms with E-state index in [0.717, 1.165) is 11.8 Å². The molecule has 1 fully saturated rings.